The molecule has 24 heavy (non-hydrogen) atoms. The van der Waals surface area contributed by atoms with Crippen LogP contribution < -0.4 is 10.1 Å². The average molecular weight is 327 g/mol. The molecule has 0 spiro atoms. The minimum Gasteiger partial charge on any atom is -0.497 e. The molecule has 1 fully saturated rings. The number of nitrogens with one attached hydrogen (secondary N) is 1. The lowest BCUT2D eigenvalue weighted by molar-refractivity contribution is -0.129. The molecule has 0 unspecified atom stereocenters. The van der Waals surface area contributed by atoms with Crippen LogP contribution in [0.15, 0.2) is 54.6 Å². The fourth-order valence-corrected chi connectivity index (χ4v) is 3.48. The van der Waals surface area contributed by atoms with E-state index in [1.807, 2.05) is 49.4 Å². The van der Waals surface area contributed by atoms with E-state index in [1.54, 1.807) is 19.2 Å². The van der Waals surface area contributed by atoms with Crippen molar-refractivity contribution in [3.63, 3.8) is 0 Å². The van der Waals surface area contributed by atoms with Gasteiger partial charge in [0.15, 0.2) is 5.67 Å². The maximum atomic E-state index is 15.5. The zero-order chi connectivity index (χ0) is 17.2. The highest BCUT2D eigenvalue weighted by molar-refractivity contribution is 5.97. The van der Waals surface area contributed by atoms with Gasteiger partial charge in [-0.1, -0.05) is 37.3 Å². The van der Waals surface area contributed by atoms with Crippen LogP contribution in [0.5, 0.6) is 5.75 Å². The summed E-state index contributed by atoms with van der Waals surface area (Å²) in [6, 6.07) is 16.7. The van der Waals surface area contributed by atoms with Gasteiger partial charge in [0.1, 0.15) is 5.75 Å². The number of hydrogen-bond donors (Lipinski definition) is 1. The Kier molecular flexibility index (Phi) is 4.56. The molecule has 3 atom stereocenters. The van der Waals surface area contributed by atoms with Crippen LogP contribution in [0, 0.1) is 5.92 Å². The van der Waals surface area contributed by atoms with Gasteiger partial charge >= 0.3 is 0 Å². The van der Waals surface area contributed by atoms with Gasteiger partial charge in [-0.25, -0.2) is 4.39 Å². The normalized spacial score (nSPS) is 26.1. The monoisotopic (exact) mass is 327 g/mol. The van der Waals surface area contributed by atoms with Crippen LogP contribution in [0.25, 0.3) is 0 Å². The predicted octanol–water partition coefficient (Wildman–Crippen LogP) is 4.56. The number of methoxy groups -OCH3 is 1. The van der Waals surface area contributed by atoms with E-state index >= 15 is 4.39 Å². The lowest BCUT2D eigenvalue weighted by Crippen LogP contribution is -2.41. The first-order valence-corrected chi connectivity index (χ1v) is 8.22. The molecule has 4 heteroatoms. The quantitative estimate of drug-likeness (QED) is 0.894. The van der Waals surface area contributed by atoms with Gasteiger partial charge in [-0.2, -0.15) is 0 Å². The van der Waals surface area contributed by atoms with Crippen LogP contribution in [0.1, 0.15) is 31.2 Å². The second kappa shape index (κ2) is 6.63. The van der Waals surface area contributed by atoms with Gasteiger partial charge in [0.2, 0.25) is 0 Å². The van der Waals surface area contributed by atoms with E-state index in [4.69, 9.17) is 4.74 Å². The standard InChI is InChI=1S/C20H22FNO2/c1-14-11-16(15-7-6-10-18(12-15)24-2)13-20(14,21)19(23)22-17-8-4-3-5-9-17/h3-10,12,14,16H,11,13H2,1-2H3,(H,22,23)/t14-,16-,20-/m1/s1. The summed E-state index contributed by atoms with van der Waals surface area (Å²) in [6.45, 7) is 1.81. The van der Waals surface area contributed by atoms with Crippen LogP contribution in [0.3, 0.4) is 0 Å². The van der Waals surface area contributed by atoms with Gasteiger partial charge in [0, 0.05) is 5.69 Å². The molecular formula is C20H22FNO2. The van der Waals surface area contributed by atoms with E-state index in [1.165, 1.54) is 0 Å². The molecule has 0 heterocycles. The summed E-state index contributed by atoms with van der Waals surface area (Å²) in [6.07, 6.45) is 0.839. The van der Waals surface area contributed by atoms with Crippen molar-refractivity contribution in [2.45, 2.75) is 31.4 Å². The number of benzene rings is 2. The molecule has 1 amide bonds. The molecule has 0 aromatic heterocycles. The van der Waals surface area contributed by atoms with Crippen molar-refractivity contribution >= 4 is 11.6 Å². The zero-order valence-electron chi connectivity index (χ0n) is 14.0. The van der Waals surface area contributed by atoms with Crippen LogP contribution >= 0.6 is 0 Å². The van der Waals surface area contributed by atoms with E-state index < -0.39 is 11.6 Å². The van der Waals surface area contributed by atoms with Gasteiger partial charge in [0.25, 0.3) is 5.91 Å². The number of amides is 1. The maximum absolute atomic E-state index is 15.5. The summed E-state index contributed by atoms with van der Waals surface area (Å²) >= 11 is 0. The molecule has 0 radical (unpaired) electrons. The molecule has 1 aliphatic rings. The van der Waals surface area contributed by atoms with Crippen molar-refractivity contribution in [1.82, 2.24) is 0 Å². The van der Waals surface area contributed by atoms with Crippen LogP contribution in [-0.4, -0.2) is 18.7 Å². The van der Waals surface area contributed by atoms with E-state index in [2.05, 4.69) is 5.32 Å². The number of hydrogen-bond acceptors (Lipinski definition) is 2. The Morgan fingerprint density at radius 3 is 2.67 bits per heavy atom. The number of carbonyl (C=O) groups excluding carboxylic acids is 1. The third-order valence-corrected chi connectivity index (χ3v) is 4.94. The van der Waals surface area contributed by atoms with Crippen molar-refractivity contribution in [2.24, 2.45) is 5.92 Å². The summed E-state index contributed by atoms with van der Waals surface area (Å²) in [4.78, 5) is 12.5. The van der Waals surface area contributed by atoms with Crippen LogP contribution in [0.2, 0.25) is 0 Å². The molecule has 2 aromatic rings. The number of rotatable bonds is 4. The fourth-order valence-electron chi connectivity index (χ4n) is 3.48. The number of alkyl halides is 1. The molecule has 0 aliphatic heterocycles. The van der Waals surface area contributed by atoms with Gasteiger partial charge in [-0.05, 0) is 54.5 Å². The zero-order valence-corrected chi connectivity index (χ0v) is 14.0. The van der Waals surface area contributed by atoms with Crippen molar-refractivity contribution in [3.8, 4) is 5.75 Å². The minimum absolute atomic E-state index is 0.0154. The van der Waals surface area contributed by atoms with Crippen LogP contribution in [-0.2, 0) is 4.79 Å². The largest absolute Gasteiger partial charge is 0.497 e. The number of halogens is 1. The average Bonchev–Trinajstić information content (AvgIpc) is 2.92. The van der Waals surface area contributed by atoms with Crippen molar-refractivity contribution < 1.29 is 13.9 Å². The van der Waals surface area contributed by atoms with Gasteiger partial charge in [0.05, 0.1) is 7.11 Å². The maximum Gasteiger partial charge on any atom is 0.262 e. The van der Waals surface area contributed by atoms with E-state index in [0.29, 0.717) is 12.1 Å². The summed E-state index contributed by atoms with van der Waals surface area (Å²) in [5, 5.41) is 2.71. The number of carbonyl (C=O) groups is 1. The Bertz CT molecular complexity index is 719. The Balaban J connectivity index is 1.77. The molecule has 0 bridgehead atoms. The number of anilines is 1. The first-order chi connectivity index (χ1) is 11.5. The summed E-state index contributed by atoms with van der Waals surface area (Å²) in [5.41, 5.74) is -0.214. The van der Waals surface area contributed by atoms with E-state index in [-0.39, 0.29) is 18.3 Å². The summed E-state index contributed by atoms with van der Waals surface area (Å²) in [7, 11) is 1.61. The van der Waals surface area contributed by atoms with E-state index in [9.17, 15) is 4.79 Å². The van der Waals surface area contributed by atoms with Gasteiger partial charge < -0.3 is 10.1 Å². The summed E-state index contributed by atoms with van der Waals surface area (Å²) in [5.74, 6) is -0.115. The molecular weight excluding hydrogens is 305 g/mol. The number of para-hydroxylation sites is 1. The molecule has 126 valence electrons. The lowest BCUT2D eigenvalue weighted by atomic mass is 9.93. The Morgan fingerprint density at radius 2 is 1.96 bits per heavy atom. The number of ether oxygens (including phenoxy) is 1. The van der Waals surface area contributed by atoms with Crippen molar-refractivity contribution in [2.75, 3.05) is 12.4 Å². The first kappa shape index (κ1) is 16.5. The topological polar surface area (TPSA) is 38.3 Å². The molecule has 0 saturated heterocycles. The Labute approximate surface area is 141 Å². The smallest absolute Gasteiger partial charge is 0.262 e. The second-order valence-corrected chi connectivity index (χ2v) is 6.50. The van der Waals surface area contributed by atoms with Crippen molar-refractivity contribution in [1.29, 1.82) is 0 Å². The molecule has 3 rings (SSSR count). The Morgan fingerprint density at radius 1 is 1.21 bits per heavy atom. The predicted molar refractivity (Wildman–Crippen MR) is 93.0 cm³/mol. The van der Waals surface area contributed by atoms with Gasteiger partial charge in [-0.15, -0.1) is 0 Å². The fraction of sp³-hybridized carbons (Fsp3) is 0.350. The highest BCUT2D eigenvalue weighted by Gasteiger charge is 2.51. The highest BCUT2D eigenvalue weighted by atomic mass is 19.1. The molecule has 1 N–H and O–H groups in total. The van der Waals surface area contributed by atoms with Gasteiger partial charge in [-0.3, -0.25) is 4.79 Å². The van der Waals surface area contributed by atoms with E-state index in [0.717, 1.165) is 11.3 Å². The Hall–Kier alpha value is -2.36. The highest BCUT2D eigenvalue weighted by Crippen LogP contribution is 2.48. The van der Waals surface area contributed by atoms with Crippen molar-refractivity contribution in [3.05, 3.63) is 60.2 Å². The SMILES string of the molecule is COc1cccc([C@@H]2C[C@@H](C)[C@@](F)(C(=O)Nc3ccccc3)C2)c1. The first-order valence-electron chi connectivity index (χ1n) is 8.22. The third kappa shape index (κ3) is 3.14. The molecule has 3 nitrogen and oxygen atoms in total. The third-order valence-electron chi connectivity index (χ3n) is 4.94. The second-order valence-electron chi connectivity index (χ2n) is 6.50. The lowest BCUT2D eigenvalue weighted by Gasteiger charge is -2.23. The molecule has 1 aliphatic carbocycles. The van der Waals surface area contributed by atoms with Crippen LogP contribution in [0.4, 0.5) is 10.1 Å². The molecule has 2 aromatic carbocycles. The molecule has 1 saturated carbocycles. The summed E-state index contributed by atoms with van der Waals surface area (Å²) < 4.78 is 20.7. The minimum atomic E-state index is -1.86.